The second-order valence-electron chi connectivity index (χ2n) is 6.00. The van der Waals surface area contributed by atoms with E-state index in [9.17, 15) is 0 Å². The van der Waals surface area contributed by atoms with Gasteiger partial charge in [0.1, 0.15) is 0 Å². The lowest BCUT2D eigenvalue weighted by atomic mass is 9.73. The van der Waals surface area contributed by atoms with E-state index in [1.54, 1.807) is 6.26 Å². The van der Waals surface area contributed by atoms with Gasteiger partial charge in [0.25, 0.3) is 0 Å². The van der Waals surface area contributed by atoms with Crippen molar-refractivity contribution in [3.05, 3.63) is 24.2 Å². The molecule has 3 nitrogen and oxygen atoms in total. The number of nitrogens with one attached hydrogen (secondary N) is 1. The summed E-state index contributed by atoms with van der Waals surface area (Å²) in [7, 11) is 4.48. The summed E-state index contributed by atoms with van der Waals surface area (Å²) in [4.78, 5) is 2.46. The van der Waals surface area contributed by atoms with Crippen molar-refractivity contribution in [3.8, 4) is 0 Å². The molecule has 0 radical (unpaired) electrons. The molecule has 2 rings (SSSR count). The smallest absolute Gasteiger partial charge is 0.0935 e. The third-order valence-corrected chi connectivity index (χ3v) is 4.73. The lowest BCUT2D eigenvalue weighted by Crippen LogP contribution is -2.60. The fourth-order valence-corrected chi connectivity index (χ4v) is 3.61. The van der Waals surface area contributed by atoms with E-state index < -0.39 is 0 Å². The summed E-state index contributed by atoms with van der Waals surface area (Å²) in [6.07, 6.45) is 11.4. The molecule has 0 amide bonds. The highest BCUT2D eigenvalue weighted by molar-refractivity contribution is 5.12. The molecule has 1 aromatic rings. The fourth-order valence-electron chi connectivity index (χ4n) is 3.61. The van der Waals surface area contributed by atoms with Gasteiger partial charge in [-0.1, -0.05) is 26.2 Å². The Morgan fingerprint density at radius 3 is 2.58 bits per heavy atom. The van der Waals surface area contributed by atoms with Gasteiger partial charge in [0.15, 0.2) is 0 Å². The second-order valence-corrected chi connectivity index (χ2v) is 6.00. The number of likely N-dealkylation sites (N-methyl/N-ethyl adjacent to an activating group) is 2. The standard InChI is InChI=1S/C16H28N2O/c1-4-17-15(12-14-8-11-19-13-14)16(18(2)3)9-6-5-7-10-16/h8,11,13,15,17H,4-7,9-10,12H2,1-3H3. The van der Waals surface area contributed by atoms with Crippen molar-refractivity contribution in [1.29, 1.82) is 0 Å². The van der Waals surface area contributed by atoms with Gasteiger partial charge in [-0.25, -0.2) is 0 Å². The van der Waals surface area contributed by atoms with Gasteiger partial charge in [-0.2, -0.15) is 0 Å². The number of hydrogen-bond donors (Lipinski definition) is 1. The summed E-state index contributed by atoms with van der Waals surface area (Å²) in [6.45, 7) is 3.23. The summed E-state index contributed by atoms with van der Waals surface area (Å²) >= 11 is 0. The predicted octanol–water partition coefficient (Wildman–Crippen LogP) is 3.06. The van der Waals surface area contributed by atoms with Crippen molar-refractivity contribution in [2.45, 2.75) is 57.0 Å². The molecule has 1 aliphatic rings. The van der Waals surface area contributed by atoms with Crippen molar-refractivity contribution < 1.29 is 4.42 Å². The topological polar surface area (TPSA) is 28.4 Å². The Balaban J connectivity index is 2.18. The SMILES string of the molecule is CCNC(Cc1ccoc1)C1(N(C)C)CCCCC1. The van der Waals surface area contributed by atoms with Crippen LogP contribution in [0.5, 0.6) is 0 Å². The Morgan fingerprint density at radius 1 is 1.32 bits per heavy atom. The van der Waals surface area contributed by atoms with Crippen molar-refractivity contribution >= 4 is 0 Å². The minimum Gasteiger partial charge on any atom is -0.472 e. The molecule has 0 saturated heterocycles. The zero-order chi connectivity index (χ0) is 13.7. The van der Waals surface area contributed by atoms with E-state index in [1.807, 2.05) is 6.26 Å². The molecule has 1 aliphatic carbocycles. The summed E-state index contributed by atoms with van der Waals surface area (Å²) < 4.78 is 5.23. The van der Waals surface area contributed by atoms with Crippen molar-refractivity contribution in [2.75, 3.05) is 20.6 Å². The van der Waals surface area contributed by atoms with Crippen LogP contribution < -0.4 is 5.32 Å². The molecule has 1 unspecified atom stereocenters. The van der Waals surface area contributed by atoms with Crippen LogP contribution in [0, 0.1) is 0 Å². The Kier molecular flexibility index (Phi) is 5.06. The maximum atomic E-state index is 5.23. The average molecular weight is 264 g/mol. The highest BCUT2D eigenvalue weighted by Gasteiger charge is 2.41. The third kappa shape index (κ3) is 3.21. The van der Waals surface area contributed by atoms with Crippen LogP contribution in [0.1, 0.15) is 44.6 Å². The Hall–Kier alpha value is -0.800. The van der Waals surface area contributed by atoms with Crippen LogP contribution in [0.15, 0.2) is 23.0 Å². The van der Waals surface area contributed by atoms with Crippen LogP contribution >= 0.6 is 0 Å². The molecular weight excluding hydrogens is 236 g/mol. The lowest BCUT2D eigenvalue weighted by Gasteiger charge is -2.49. The predicted molar refractivity (Wildman–Crippen MR) is 79.4 cm³/mol. The number of nitrogens with zero attached hydrogens (tertiary/aromatic N) is 1. The molecule has 1 fully saturated rings. The molecule has 1 N–H and O–H groups in total. The van der Waals surface area contributed by atoms with Gasteiger partial charge in [-0.15, -0.1) is 0 Å². The number of rotatable bonds is 6. The van der Waals surface area contributed by atoms with Crippen LogP contribution in [0.3, 0.4) is 0 Å². The van der Waals surface area contributed by atoms with Crippen molar-refractivity contribution in [3.63, 3.8) is 0 Å². The zero-order valence-electron chi connectivity index (χ0n) is 12.6. The van der Waals surface area contributed by atoms with E-state index >= 15 is 0 Å². The highest BCUT2D eigenvalue weighted by Crippen LogP contribution is 2.36. The molecule has 0 spiro atoms. The minimum absolute atomic E-state index is 0.297. The Bertz CT molecular complexity index is 353. The first-order valence-electron chi connectivity index (χ1n) is 7.61. The van der Waals surface area contributed by atoms with Crippen LogP contribution in [0.4, 0.5) is 0 Å². The van der Waals surface area contributed by atoms with Crippen LogP contribution in [0.25, 0.3) is 0 Å². The van der Waals surface area contributed by atoms with Crippen molar-refractivity contribution in [1.82, 2.24) is 10.2 Å². The molecule has 3 heteroatoms. The molecule has 19 heavy (non-hydrogen) atoms. The van der Waals surface area contributed by atoms with E-state index in [0.29, 0.717) is 11.6 Å². The normalized spacial score (nSPS) is 20.6. The number of furan rings is 1. The van der Waals surface area contributed by atoms with Gasteiger partial charge in [-0.3, -0.25) is 0 Å². The fraction of sp³-hybridized carbons (Fsp3) is 0.750. The van der Waals surface area contributed by atoms with E-state index in [0.717, 1.165) is 13.0 Å². The maximum absolute atomic E-state index is 5.23. The van der Waals surface area contributed by atoms with Crippen molar-refractivity contribution in [2.24, 2.45) is 0 Å². The summed E-state index contributed by atoms with van der Waals surface area (Å²) in [5, 5.41) is 3.73. The highest BCUT2D eigenvalue weighted by atomic mass is 16.3. The summed E-state index contributed by atoms with van der Waals surface area (Å²) in [6, 6.07) is 2.60. The van der Waals surface area contributed by atoms with Gasteiger partial charge in [0, 0.05) is 11.6 Å². The molecule has 1 atom stereocenters. The average Bonchev–Trinajstić information content (AvgIpc) is 2.92. The Labute approximate surface area is 117 Å². The Morgan fingerprint density at radius 2 is 2.05 bits per heavy atom. The minimum atomic E-state index is 0.297. The molecule has 0 aromatic carbocycles. The monoisotopic (exact) mass is 264 g/mol. The van der Waals surface area contributed by atoms with E-state index in [-0.39, 0.29) is 0 Å². The number of hydrogen-bond acceptors (Lipinski definition) is 3. The van der Waals surface area contributed by atoms with E-state index in [4.69, 9.17) is 4.42 Å². The van der Waals surface area contributed by atoms with Gasteiger partial charge < -0.3 is 14.6 Å². The first-order chi connectivity index (χ1) is 9.19. The van der Waals surface area contributed by atoms with Gasteiger partial charge in [-0.05, 0) is 51.5 Å². The zero-order valence-corrected chi connectivity index (χ0v) is 12.6. The van der Waals surface area contributed by atoms with E-state index in [2.05, 4.69) is 37.3 Å². The summed E-state index contributed by atoms with van der Waals surface area (Å²) in [5.74, 6) is 0. The molecular formula is C16H28N2O. The maximum Gasteiger partial charge on any atom is 0.0935 e. The largest absolute Gasteiger partial charge is 0.472 e. The van der Waals surface area contributed by atoms with Gasteiger partial charge in [0.2, 0.25) is 0 Å². The molecule has 0 bridgehead atoms. The molecule has 1 heterocycles. The first kappa shape index (κ1) is 14.6. The van der Waals surface area contributed by atoms with Gasteiger partial charge >= 0.3 is 0 Å². The second kappa shape index (κ2) is 6.58. The molecule has 108 valence electrons. The van der Waals surface area contributed by atoms with Crippen LogP contribution in [-0.4, -0.2) is 37.1 Å². The van der Waals surface area contributed by atoms with Crippen LogP contribution in [-0.2, 0) is 6.42 Å². The molecule has 1 saturated carbocycles. The first-order valence-corrected chi connectivity index (χ1v) is 7.61. The van der Waals surface area contributed by atoms with Crippen LogP contribution in [0.2, 0.25) is 0 Å². The van der Waals surface area contributed by atoms with E-state index in [1.165, 1.54) is 37.7 Å². The molecule has 1 aromatic heterocycles. The lowest BCUT2D eigenvalue weighted by molar-refractivity contribution is 0.0574. The molecule has 0 aliphatic heterocycles. The quantitative estimate of drug-likeness (QED) is 0.856. The third-order valence-electron chi connectivity index (χ3n) is 4.73. The summed E-state index contributed by atoms with van der Waals surface area (Å²) in [5.41, 5.74) is 1.60. The van der Waals surface area contributed by atoms with Gasteiger partial charge in [0.05, 0.1) is 12.5 Å².